The van der Waals surface area contributed by atoms with E-state index in [9.17, 15) is 0 Å². The molecule has 0 unspecified atom stereocenters. The Kier molecular flexibility index (Phi) is 7.88. The summed E-state index contributed by atoms with van der Waals surface area (Å²) < 4.78 is 0. The molecular weight excluding hydrogens is 272 g/mol. The highest BCUT2D eigenvalue weighted by Gasteiger charge is 2.09. The van der Waals surface area contributed by atoms with Gasteiger partial charge in [-0.3, -0.25) is 4.90 Å². The first-order chi connectivity index (χ1) is 9.60. The van der Waals surface area contributed by atoms with Gasteiger partial charge >= 0.3 is 0 Å². The Morgan fingerprint density at radius 2 is 1.65 bits per heavy atom. The second kappa shape index (κ2) is 9.16. The Labute approximate surface area is 127 Å². The molecule has 0 aliphatic rings. The van der Waals surface area contributed by atoms with E-state index in [4.69, 9.17) is 17.3 Å². The van der Waals surface area contributed by atoms with Gasteiger partial charge in [-0.25, -0.2) is 4.98 Å². The quantitative estimate of drug-likeness (QED) is 0.761. The summed E-state index contributed by atoms with van der Waals surface area (Å²) in [5, 5.41) is 0.696. The van der Waals surface area contributed by atoms with E-state index in [1.165, 1.54) is 0 Å². The first kappa shape index (κ1) is 17.2. The Balaban J connectivity index is 2.48. The van der Waals surface area contributed by atoms with Gasteiger partial charge in [-0.2, -0.15) is 0 Å². The second-order valence-electron chi connectivity index (χ2n) is 4.91. The van der Waals surface area contributed by atoms with E-state index in [0.717, 1.165) is 51.4 Å². The molecule has 0 bridgehead atoms. The van der Waals surface area contributed by atoms with Crippen molar-refractivity contribution in [3.63, 3.8) is 0 Å². The highest BCUT2D eigenvalue weighted by molar-refractivity contribution is 6.31. The van der Waals surface area contributed by atoms with Crippen LogP contribution in [-0.4, -0.2) is 47.5 Å². The molecule has 114 valence electrons. The summed E-state index contributed by atoms with van der Waals surface area (Å²) in [6, 6.07) is 3.56. The van der Waals surface area contributed by atoms with Crippen molar-refractivity contribution < 1.29 is 0 Å². The molecule has 0 atom stereocenters. The predicted octanol–water partition coefficient (Wildman–Crippen LogP) is 2.87. The normalized spacial score (nSPS) is 11.5. The fourth-order valence-corrected chi connectivity index (χ4v) is 2.40. The van der Waals surface area contributed by atoms with Crippen molar-refractivity contribution in [2.75, 3.05) is 38.5 Å². The van der Waals surface area contributed by atoms with Gasteiger partial charge in [-0.15, -0.1) is 0 Å². The van der Waals surface area contributed by atoms with Gasteiger partial charge in [0.05, 0.1) is 10.7 Å². The Bertz CT molecular complexity index is 393. The lowest BCUT2D eigenvalue weighted by Gasteiger charge is -2.23. The fraction of sp³-hybridized carbons (Fsp3) is 0.667. The summed E-state index contributed by atoms with van der Waals surface area (Å²) in [7, 11) is 0. The molecule has 1 aromatic heterocycles. The number of nitrogen functional groups attached to an aromatic ring is 1. The maximum Gasteiger partial charge on any atom is 0.123 e. The number of hydrogen-bond acceptors (Lipinski definition) is 4. The number of nitrogens with two attached hydrogens (primary N) is 1. The van der Waals surface area contributed by atoms with Gasteiger partial charge in [0.15, 0.2) is 0 Å². The minimum Gasteiger partial charge on any atom is -0.384 e. The summed E-state index contributed by atoms with van der Waals surface area (Å²) in [4.78, 5) is 9.13. The minimum absolute atomic E-state index is 0.531. The second-order valence-corrected chi connectivity index (χ2v) is 5.32. The van der Waals surface area contributed by atoms with Gasteiger partial charge in [-0.1, -0.05) is 32.4 Å². The highest BCUT2D eigenvalue weighted by Crippen LogP contribution is 2.17. The molecular formula is C15H27ClN4. The third-order valence-corrected chi connectivity index (χ3v) is 3.95. The summed E-state index contributed by atoms with van der Waals surface area (Å²) in [6.07, 6.45) is 1.16. The van der Waals surface area contributed by atoms with Crippen LogP contribution in [0.25, 0.3) is 0 Å². The van der Waals surface area contributed by atoms with Crippen LogP contribution in [0.5, 0.6) is 0 Å². The fourth-order valence-electron chi connectivity index (χ4n) is 2.23. The largest absolute Gasteiger partial charge is 0.384 e. The molecule has 1 rings (SSSR count). The SMILES string of the molecule is CCN(CC)CCCN(CC)Cc1nc(N)ccc1Cl. The molecule has 0 aliphatic heterocycles. The Morgan fingerprint density at radius 1 is 1.05 bits per heavy atom. The molecule has 0 saturated heterocycles. The van der Waals surface area contributed by atoms with E-state index >= 15 is 0 Å². The Morgan fingerprint density at radius 3 is 2.25 bits per heavy atom. The zero-order chi connectivity index (χ0) is 15.0. The van der Waals surface area contributed by atoms with E-state index in [1.54, 1.807) is 6.07 Å². The minimum atomic E-state index is 0.531. The maximum atomic E-state index is 6.17. The molecule has 4 nitrogen and oxygen atoms in total. The zero-order valence-corrected chi connectivity index (χ0v) is 13.7. The smallest absolute Gasteiger partial charge is 0.123 e. The summed E-state index contributed by atoms with van der Waals surface area (Å²) in [6.45, 7) is 12.8. The molecule has 0 aromatic carbocycles. The lowest BCUT2D eigenvalue weighted by atomic mass is 10.3. The first-order valence-electron chi connectivity index (χ1n) is 7.46. The molecule has 0 radical (unpaired) electrons. The van der Waals surface area contributed by atoms with Gasteiger partial charge in [0, 0.05) is 6.54 Å². The first-order valence-corrected chi connectivity index (χ1v) is 7.84. The number of rotatable bonds is 9. The van der Waals surface area contributed by atoms with E-state index < -0.39 is 0 Å². The molecule has 0 fully saturated rings. The number of aromatic nitrogens is 1. The number of nitrogens with zero attached hydrogens (tertiary/aromatic N) is 3. The van der Waals surface area contributed by atoms with Crippen LogP contribution < -0.4 is 5.73 Å². The van der Waals surface area contributed by atoms with E-state index in [1.807, 2.05) is 6.07 Å². The van der Waals surface area contributed by atoms with Crippen molar-refractivity contribution in [3.05, 3.63) is 22.8 Å². The van der Waals surface area contributed by atoms with Gasteiger partial charge in [0.1, 0.15) is 5.82 Å². The van der Waals surface area contributed by atoms with Crippen LogP contribution >= 0.6 is 11.6 Å². The van der Waals surface area contributed by atoms with Gasteiger partial charge in [0.25, 0.3) is 0 Å². The molecule has 1 aromatic rings. The average molecular weight is 299 g/mol. The summed E-state index contributed by atoms with van der Waals surface area (Å²) in [5.41, 5.74) is 6.60. The summed E-state index contributed by atoms with van der Waals surface area (Å²) in [5.74, 6) is 0.531. The number of halogens is 1. The van der Waals surface area contributed by atoms with Crippen molar-refractivity contribution in [1.82, 2.24) is 14.8 Å². The lowest BCUT2D eigenvalue weighted by molar-refractivity contribution is 0.237. The average Bonchev–Trinajstić information content (AvgIpc) is 2.46. The van der Waals surface area contributed by atoms with Gasteiger partial charge in [0.2, 0.25) is 0 Å². The van der Waals surface area contributed by atoms with Crippen molar-refractivity contribution >= 4 is 17.4 Å². The van der Waals surface area contributed by atoms with Crippen molar-refractivity contribution in [3.8, 4) is 0 Å². The van der Waals surface area contributed by atoms with Crippen molar-refractivity contribution in [2.45, 2.75) is 33.7 Å². The molecule has 20 heavy (non-hydrogen) atoms. The van der Waals surface area contributed by atoms with Crippen LogP contribution in [0.1, 0.15) is 32.9 Å². The van der Waals surface area contributed by atoms with Crippen LogP contribution in [0, 0.1) is 0 Å². The van der Waals surface area contributed by atoms with Crippen molar-refractivity contribution in [1.29, 1.82) is 0 Å². The van der Waals surface area contributed by atoms with Crippen molar-refractivity contribution in [2.24, 2.45) is 0 Å². The Hall–Kier alpha value is -0.840. The van der Waals surface area contributed by atoms with Gasteiger partial charge < -0.3 is 10.6 Å². The van der Waals surface area contributed by atoms with E-state index in [0.29, 0.717) is 10.8 Å². The summed E-state index contributed by atoms with van der Waals surface area (Å²) >= 11 is 6.17. The molecule has 0 amide bonds. The molecule has 0 saturated carbocycles. The molecule has 0 spiro atoms. The van der Waals surface area contributed by atoms with Crippen LogP contribution in [0.4, 0.5) is 5.82 Å². The highest BCUT2D eigenvalue weighted by atomic mass is 35.5. The molecule has 0 aliphatic carbocycles. The third-order valence-electron chi connectivity index (χ3n) is 3.60. The van der Waals surface area contributed by atoms with Crippen LogP contribution in [0.3, 0.4) is 0 Å². The standard InChI is InChI=1S/C15H27ClN4/c1-4-19(5-2)10-7-11-20(6-3)12-14-13(16)8-9-15(17)18-14/h8-9H,4-7,10-12H2,1-3H3,(H2,17,18). The molecule has 2 N–H and O–H groups in total. The van der Waals surface area contributed by atoms with E-state index in [2.05, 4.69) is 35.6 Å². The topological polar surface area (TPSA) is 45.4 Å². The maximum absolute atomic E-state index is 6.17. The third kappa shape index (κ3) is 5.65. The monoisotopic (exact) mass is 298 g/mol. The molecule has 1 heterocycles. The van der Waals surface area contributed by atoms with Crippen LogP contribution in [0.2, 0.25) is 5.02 Å². The number of hydrogen-bond donors (Lipinski definition) is 1. The zero-order valence-electron chi connectivity index (χ0n) is 12.9. The lowest BCUT2D eigenvalue weighted by Crippen LogP contribution is -2.30. The predicted molar refractivity (Wildman–Crippen MR) is 87.0 cm³/mol. The number of pyridine rings is 1. The van der Waals surface area contributed by atoms with Crippen LogP contribution in [-0.2, 0) is 6.54 Å². The number of anilines is 1. The van der Waals surface area contributed by atoms with Gasteiger partial charge in [-0.05, 0) is 51.3 Å². The molecule has 5 heteroatoms. The van der Waals surface area contributed by atoms with E-state index in [-0.39, 0.29) is 0 Å². The van der Waals surface area contributed by atoms with Crippen LogP contribution in [0.15, 0.2) is 12.1 Å².